The third-order valence-electron chi connectivity index (χ3n) is 2.09. The Morgan fingerprint density at radius 1 is 1.30 bits per heavy atom. The highest BCUT2D eigenvalue weighted by Gasteiger charge is 2.35. The summed E-state index contributed by atoms with van der Waals surface area (Å²) in [6.07, 6.45) is -4.82. The van der Waals surface area contributed by atoms with Gasteiger partial charge in [0, 0.05) is 0 Å². The Hall–Kier alpha value is -3.07. The third-order valence-corrected chi connectivity index (χ3v) is 2.09. The van der Waals surface area contributed by atoms with E-state index in [1.165, 1.54) is 12.1 Å². The summed E-state index contributed by atoms with van der Waals surface area (Å²) in [4.78, 5) is 10.9. The standard InChI is InChI=1S/C11H5F3N4O2/c12-11(13,14)8-3-1-2-7(10(19)20)9(8)18-17-6(4-15)5-16/h1-3,18H,(H,19,20). The predicted molar refractivity (Wildman–Crippen MR) is 60.7 cm³/mol. The summed E-state index contributed by atoms with van der Waals surface area (Å²) in [7, 11) is 0. The van der Waals surface area contributed by atoms with Crippen LogP contribution in [0.4, 0.5) is 18.9 Å². The Bertz CT molecular complexity index is 637. The highest BCUT2D eigenvalue weighted by Crippen LogP contribution is 2.36. The van der Waals surface area contributed by atoms with E-state index >= 15 is 0 Å². The van der Waals surface area contributed by atoms with Crippen molar-refractivity contribution in [3.05, 3.63) is 29.3 Å². The van der Waals surface area contributed by atoms with Gasteiger partial charge in [0.15, 0.2) is 0 Å². The van der Waals surface area contributed by atoms with Gasteiger partial charge in [-0.2, -0.15) is 28.8 Å². The van der Waals surface area contributed by atoms with Crippen LogP contribution in [0.3, 0.4) is 0 Å². The van der Waals surface area contributed by atoms with Gasteiger partial charge < -0.3 is 5.11 Å². The average Bonchev–Trinajstić information content (AvgIpc) is 2.38. The number of aromatic carboxylic acids is 1. The number of para-hydroxylation sites is 1. The molecule has 6 nitrogen and oxygen atoms in total. The normalized spacial score (nSPS) is 10.1. The zero-order valence-electron chi connectivity index (χ0n) is 9.56. The fourth-order valence-corrected chi connectivity index (χ4v) is 1.27. The molecular formula is C11H5F3N4O2. The number of carboxylic acid groups (broad SMARTS) is 1. The summed E-state index contributed by atoms with van der Waals surface area (Å²) in [6, 6.07) is 5.17. The number of alkyl halides is 3. The van der Waals surface area contributed by atoms with Crippen LogP contribution in [0.5, 0.6) is 0 Å². The van der Waals surface area contributed by atoms with Crippen molar-refractivity contribution in [1.29, 1.82) is 10.5 Å². The van der Waals surface area contributed by atoms with Crippen LogP contribution in [0.15, 0.2) is 23.3 Å². The second-order valence-electron chi connectivity index (χ2n) is 3.33. The Morgan fingerprint density at radius 3 is 2.35 bits per heavy atom. The van der Waals surface area contributed by atoms with E-state index in [1.807, 2.05) is 5.43 Å². The lowest BCUT2D eigenvalue weighted by Gasteiger charge is -2.14. The zero-order valence-corrected chi connectivity index (χ0v) is 9.56. The molecule has 0 amide bonds. The van der Waals surface area contributed by atoms with Crippen LogP contribution in [0, 0.1) is 22.7 Å². The maximum absolute atomic E-state index is 12.8. The Balaban J connectivity index is 3.42. The molecule has 20 heavy (non-hydrogen) atoms. The molecule has 1 aromatic rings. The number of nitrogens with one attached hydrogen (secondary N) is 1. The fraction of sp³-hybridized carbons (Fsp3) is 0.0909. The van der Waals surface area contributed by atoms with E-state index < -0.39 is 34.7 Å². The molecule has 2 N–H and O–H groups in total. The first kappa shape index (κ1) is 15.0. The molecule has 9 heteroatoms. The minimum Gasteiger partial charge on any atom is -0.478 e. The average molecular weight is 282 g/mol. The van der Waals surface area contributed by atoms with Crippen LogP contribution < -0.4 is 5.43 Å². The van der Waals surface area contributed by atoms with Gasteiger partial charge in [0.25, 0.3) is 0 Å². The van der Waals surface area contributed by atoms with E-state index in [0.29, 0.717) is 6.07 Å². The molecule has 0 aliphatic carbocycles. The molecule has 102 valence electrons. The van der Waals surface area contributed by atoms with Gasteiger partial charge in [-0.3, -0.25) is 5.43 Å². The second kappa shape index (κ2) is 5.71. The van der Waals surface area contributed by atoms with Crippen molar-refractivity contribution in [2.75, 3.05) is 5.43 Å². The molecule has 0 spiro atoms. The number of hydrogen-bond acceptors (Lipinski definition) is 5. The molecule has 0 heterocycles. The van der Waals surface area contributed by atoms with E-state index in [-0.39, 0.29) is 0 Å². The summed E-state index contributed by atoms with van der Waals surface area (Å²) >= 11 is 0. The first-order chi connectivity index (χ1) is 9.31. The summed E-state index contributed by atoms with van der Waals surface area (Å²) in [6.45, 7) is 0. The molecular weight excluding hydrogens is 277 g/mol. The lowest BCUT2D eigenvalue weighted by molar-refractivity contribution is -0.137. The summed E-state index contributed by atoms with van der Waals surface area (Å²) in [5.41, 5.74) is -1.71. The molecule has 0 fully saturated rings. The van der Waals surface area contributed by atoms with Crippen LogP contribution in [0.25, 0.3) is 0 Å². The van der Waals surface area contributed by atoms with Gasteiger partial charge in [0.2, 0.25) is 5.71 Å². The molecule has 0 radical (unpaired) electrons. The maximum atomic E-state index is 12.8. The van der Waals surface area contributed by atoms with Crippen molar-refractivity contribution in [2.24, 2.45) is 5.10 Å². The van der Waals surface area contributed by atoms with E-state index in [0.717, 1.165) is 12.1 Å². The monoisotopic (exact) mass is 282 g/mol. The number of anilines is 1. The number of nitriles is 2. The van der Waals surface area contributed by atoms with Crippen molar-refractivity contribution >= 4 is 17.4 Å². The molecule has 1 rings (SSSR count). The Morgan fingerprint density at radius 2 is 1.90 bits per heavy atom. The summed E-state index contributed by atoms with van der Waals surface area (Å²) in [5.74, 6) is -1.61. The van der Waals surface area contributed by atoms with Gasteiger partial charge in [0.1, 0.15) is 12.1 Å². The van der Waals surface area contributed by atoms with Crippen molar-refractivity contribution < 1.29 is 23.1 Å². The number of hydrazone groups is 1. The lowest BCUT2D eigenvalue weighted by atomic mass is 10.1. The van der Waals surface area contributed by atoms with Gasteiger partial charge in [-0.1, -0.05) is 6.07 Å². The van der Waals surface area contributed by atoms with Crippen LogP contribution in [-0.4, -0.2) is 16.8 Å². The van der Waals surface area contributed by atoms with Gasteiger partial charge in [-0.15, -0.1) is 0 Å². The van der Waals surface area contributed by atoms with Crippen LogP contribution in [0.1, 0.15) is 15.9 Å². The Labute approximate surface area is 110 Å². The number of rotatable bonds is 3. The number of nitrogens with zero attached hydrogens (tertiary/aromatic N) is 3. The second-order valence-corrected chi connectivity index (χ2v) is 3.33. The topological polar surface area (TPSA) is 109 Å². The van der Waals surface area contributed by atoms with Crippen LogP contribution in [0.2, 0.25) is 0 Å². The molecule has 0 bridgehead atoms. The first-order valence-electron chi connectivity index (χ1n) is 4.88. The van der Waals surface area contributed by atoms with Crippen LogP contribution >= 0.6 is 0 Å². The van der Waals surface area contributed by atoms with Crippen molar-refractivity contribution in [3.8, 4) is 12.1 Å². The van der Waals surface area contributed by atoms with Gasteiger partial charge >= 0.3 is 12.1 Å². The number of halogens is 3. The molecule has 0 aliphatic rings. The SMILES string of the molecule is N#CC(C#N)=NNc1c(C(=O)O)cccc1C(F)(F)F. The molecule has 1 aromatic carbocycles. The third kappa shape index (κ3) is 3.23. The van der Waals surface area contributed by atoms with E-state index in [1.54, 1.807) is 0 Å². The summed E-state index contributed by atoms with van der Waals surface area (Å²) in [5, 5.41) is 28.8. The molecule has 0 aromatic heterocycles. The van der Waals surface area contributed by atoms with E-state index in [4.69, 9.17) is 15.6 Å². The van der Waals surface area contributed by atoms with Gasteiger partial charge in [0.05, 0.1) is 16.8 Å². The maximum Gasteiger partial charge on any atom is 0.418 e. The number of benzene rings is 1. The fourth-order valence-electron chi connectivity index (χ4n) is 1.27. The van der Waals surface area contributed by atoms with Gasteiger partial charge in [-0.05, 0) is 12.1 Å². The van der Waals surface area contributed by atoms with Crippen molar-refractivity contribution in [2.45, 2.75) is 6.18 Å². The number of carboxylic acids is 1. The lowest BCUT2D eigenvalue weighted by Crippen LogP contribution is -2.13. The van der Waals surface area contributed by atoms with Gasteiger partial charge in [-0.25, -0.2) is 4.79 Å². The number of hydrogen-bond donors (Lipinski definition) is 2. The minimum atomic E-state index is -4.82. The predicted octanol–water partition coefficient (Wildman–Crippen LogP) is 2.22. The highest BCUT2D eigenvalue weighted by molar-refractivity contribution is 6.10. The zero-order chi connectivity index (χ0) is 15.3. The quantitative estimate of drug-likeness (QED) is 0.652. The minimum absolute atomic E-state index is 0.655. The molecule has 0 aliphatic heterocycles. The molecule has 0 saturated heterocycles. The van der Waals surface area contributed by atoms with Crippen molar-refractivity contribution in [3.63, 3.8) is 0 Å². The smallest absolute Gasteiger partial charge is 0.418 e. The first-order valence-corrected chi connectivity index (χ1v) is 4.88. The van der Waals surface area contributed by atoms with Crippen molar-refractivity contribution in [1.82, 2.24) is 0 Å². The van der Waals surface area contributed by atoms with Crippen LogP contribution in [-0.2, 0) is 6.18 Å². The Kier molecular flexibility index (Phi) is 4.28. The highest BCUT2D eigenvalue weighted by atomic mass is 19.4. The van der Waals surface area contributed by atoms with E-state index in [2.05, 4.69) is 5.10 Å². The molecule has 0 atom stereocenters. The molecule has 0 unspecified atom stereocenters. The largest absolute Gasteiger partial charge is 0.478 e. The van der Waals surface area contributed by atoms with E-state index in [9.17, 15) is 18.0 Å². The number of carbonyl (C=O) groups is 1. The molecule has 0 saturated carbocycles. The summed E-state index contributed by atoms with van der Waals surface area (Å²) < 4.78 is 38.3.